The summed E-state index contributed by atoms with van der Waals surface area (Å²) in [5, 5.41) is 2.78. The lowest BCUT2D eigenvalue weighted by atomic mass is 10.1. The number of hydrogen-bond acceptors (Lipinski definition) is 4. The van der Waals surface area contributed by atoms with Gasteiger partial charge in [0.05, 0.1) is 12.2 Å². The number of hydrogen-bond donors (Lipinski definition) is 2. The topological polar surface area (TPSA) is 78.1 Å². The van der Waals surface area contributed by atoms with E-state index >= 15 is 0 Å². The maximum absolute atomic E-state index is 12.1. The molecule has 6 nitrogen and oxygen atoms in total. The molecule has 17 heavy (non-hydrogen) atoms. The first kappa shape index (κ1) is 10.6. The minimum atomic E-state index is -0.460. The molecular weight excluding hydrogens is 240 g/mol. The van der Waals surface area contributed by atoms with E-state index in [-0.39, 0.29) is 17.9 Å². The van der Waals surface area contributed by atoms with Crippen molar-refractivity contribution in [3.63, 3.8) is 0 Å². The van der Waals surface area contributed by atoms with Gasteiger partial charge in [-0.2, -0.15) is 0 Å². The van der Waals surface area contributed by atoms with Gasteiger partial charge < -0.3 is 15.2 Å². The molecule has 0 saturated carbocycles. The zero-order valence-electron chi connectivity index (χ0n) is 9.05. The quantitative estimate of drug-likeness (QED) is 0.733. The molecule has 2 amide bonds. The van der Waals surface area contributed by atoms with E-state index in [4.69, 9.17) is 0 Å². The molecule has 0 aliphatic carbocycles. The fourth-order valence-electron chi connectivity index (χ4n) is 2.16. The molecule has 2 aliphatic rings. The van der Waals surface area contributed by atoms with Crippen LogP contribution in [0.3, 0.4) is 0 Å². The Morgan fingerprint density at radius 3 is 3.18 bits per heavy atom. The van der Waals surface area contributed by atoms with Gasteiger partial charge in [-0.3, -0.25) is 9.59 Å². The fraction of sp³-hybridized carbons (Fsp3) is 0.500. The van der Waals surface area contributed by atoms with Crippen LogP contribution in [-0.2, 0) is 16.0 Å². The lowest BCUT2D eigenvalue weighted by Crippen LogP contribution is -2.62. The number of aromatic amines is 1. The zero-order valence-corrected chi connectivity index (χ0v) is 9.87. The van der Waals surface area contributed by atoms with Crippen LogP contribution in [0.5, 0.6) is 0 Å². The Morgan fingerprint density at radius 1 is 1.53 bits per heavy atom. The number of aromatic nitrogens is 2. The maximum atomic E-state index is 12.1. The third kappa shape index (κ3) is 1.80. The summed E-state index contributed by atoms with van der Waals surface area (Å²) in [5.41, 5.74) is 0.856. The van der Waals surface area contributed by atoms with Gasteiger partial charge in [0.15, 0.2) is 0 Å². The molecule has 2 aliphatic heterocycles. The Labute approximate surface area is 102 Å². The van der Waals surface area contributed by atoms with Crippen molar-refractivity contribution in [2.75, 3.05) is 11.6 Å². The molecule has 2 fully saturated rings. The molecule has 0 bridgehead atoms. The molecule has 2 saturated heterocycles. The maximum Gasteiger partial charge on any atom is 0.246 e. The van der Waals surface area contributed by atoms with Crippen LogP contribution in [0, 0.1) is 0 Å². The summed E-state index contributed by atoms with van der Waals surface area (Å²) in [7, 11) is 0. The highest BCUT2D eigenvalue weighted by Gasteiger charge is 2.43. The van der Waals surface area contributed by atoms with Crippen LogP contribution >= 0.6 is 11.8 Å². The standard InChI is InChI=1S/C10H12N4O2S/c15-9-8-3-17-5-14(8)10(16)7(13-9)1-6-2-11-4-12-6/h2,4,7-8H,1,3,5H2,(H,11,12)(H,13,15). The van der Waals surface area contributed by atoms with Gasteiger partial charge in [-0.05, 0) is 0 Å². The van der Waals surface area contributed by atoms with Crippen LogP contribution < -0.4 is 5.32 Å². The van der Waals surface area contributed by atoms with Gasteiger partial charge in [-0.1, -0.05) is 0 Å². The zero-order chi connectivity index (χ0) is 11.8. The molecule has 90 valence electrons. The van der Waals surface area contributed by atoms with E-state index in [1.807, 2.05) is 0 Å². The number of amides is 2. The molecule has 2 N–H and O–H groups in total. The van der Waals surface area contributed by atoms with Crippen molar-refractivity contribution in [2.45, 2.75) is 18.5 Å². The van der Waals surface area contributed by atoms with E-state index in [2.05, 4.69) is 15.3 Å². The van der Waals surface area contributed by atoms with Crippen LogP contribution in [0.4, 0.5) is 0 Å². The third-order valence-corrected chi connectivity index (χ3v) is 4.07. The van der Waals surface area contributed by atoms with E-state index in [1.165, 1.54) is 0 Å². The Hall–Kier alpha value is -1.50. The van der Waals surface area contributed by atoms with E-state index in [0.717, 1.165) is 5.69 Å². The molecule has 2 atom stereocenters. The number of nitrogens with zero attached hydrogens (tertiary/aromatic N) is 2. The number of thioether (sulfide) groups is 1. The second-order valence-corrected chi connectivity index (χ2v) is 5.17. The molecular formula is C10H12N4O2S. The van der Waals surface area contributed by atoms with Gasteiger partial charge in [-0.25, -0.2) is 4.98 Å². The number of nitrogens with one attached hydrogen (secondary N) is 2. The smallest absolute Gasteiger partial charge is 0.246 e. The summed E-state index contributed by atoms with van der Waals surface area (Å²) in [6.45, 7) is 0. The van der Waals surface area contributed by atoms with Gasteiger partial charge in [0.1, 0.15) is 12.1 Å². The Balaban J connectivity index is 1.77. The minimum Gasteiger partial charge on any atom is -0.348 e. The minimum absolute atomic E-state index is 0.00852. The van der Waals surface area contributed by atoms with Gasteiger partial charge in [0.2, 0.25) is 11.8 Å². The number of rotatable bonds is 2. The van der Waals surface area contributed by atoms with Crippen LogP contribution in [0.1, 0.15) is 5.69 Å². The van der Waals surface area contributed by atoms with Crippen molar-refractivity contribution in [3.8, 4) is 0 Å². The largest absolute Gasteiger partial charge is 0.348 e. The molecule has 0 radical (unpaired) electrons. The Morgan fingerprint density at radius 2 is 2.41 bits per heavy atom. The third-order valence-electron chi connectivity index (χ3n) is 3.06. The summed E-state index contributed by atoms with van der Waals surface area (Å²) in [4.78, 5) is 32.5. The number of imidazole rings is 1. The average molecular weight is 252 g/mol. The summed E-state index contributed by atoms with van der Waals surface area (Å²) >= 11 is 1.62. The normalized spacial score (nSPS) is 28.1. The predicted molar refractivity (Wildman–Crippen MR) is 62.2 cm³/mol. The van der Waals surface area contributed by atoms with E-state index in [9.17, 15) is 9.59 Å². The second kappa shape index (κ2) is 4.06. The van der Waals surface area contributed by atoms with Crippen molar-refractivity contribution >= 4 is 23.6 Å². The molecule has 2 unspecified atom stereocenters. The van der Waals surface area contributed by atoms with Gasteiger partial charge >= 0.3 is 0 Å². The molecule has 0 aromatic carbocycles. The van der Waals surface area contributed by atoms with Crippen molar-refractivity contribution in [1.29, 1.82) is 0 Å². The molecule has 1 aromatic rings. The Bertz CT molecular complexity index is 447. The van der Waals surface area contributed by atoms with Crippen molar-refractivity contribution in [3.05, 3.63) is 18.2 Å². The van der Waals surface area contributed by atoms with Crippen molar-refractivity contribution in [2.24, 2.45) is 0 Å². The molecule has 7 heteroatoms. The van der Waals surface area contributed by atoms with Crippen LogP contribution in [-0.4, -0.2) is 50.4 Å². The first-order valence-electron chi connectivity index (χ1n) is 5.41. The van der Waals surface area contributed by atoms with Crippen molar-refractivity contribution < 1.29 is 9.59 Å². The molecule has 3 rings (SSSR count). The summed E-state index contributed by atoms with van der Waals surface area (Å²) < 4.78 is 0. The van der Waals surface area contributed by atoms with Crippen LogP contribution in [0.25, 0.3) is 0 Å². The number of carbonyl (C=O) groups is 2. The lowest BCUT2D eigenvalue weighted by molar-refractivity contribution is -0.146. The van der Waals surface area contributed by atoms with Gasteiger partial charge in [0.25, 0.3) is 0 Å². The molecule has 0 spiro atoms. The summed E-state index contributed by atoms with van der Waals surface area (Å²) in [5.74, 6) is 1.29. The highest BCUT2D eigenvalue weighted by Crippen LogP contribution is 2.25. The first-order valence-corrected chi connectivity index (χ1v) is 6.57. The number of fused-ring (bicyclic) bond motifs is 1. The van der Waals surface area contributed by atoms with E-state index < -0.39 is 6.04 Å². The highest BCUT2D eigenvalue weighted by molar-refractivity contribution is 7.99. The fourth-order valence-corrected chi connectivity index (χ4v) is 3.33. The summed E-state index contributed by atoms with van der Waals surface area (Å²) in [6, 6.07) is -0.733. The number of piperazine rings is 1. The summed E-state index contributed by atoms with van der Waals surface area (Å²) in [6.07, 6.45) is 3.71. The lowest BCUT2D eigenvalue weighted by Gasteiger charge is -2.33. The monoisotopic (exact) mass is 252 g/mol. The SMILES string of the molecule is O=C1NC(Cc2cnc[nH]2)C(=O)N2CSCC12. The molecule has 1 aromatic heterocycles. The number of carbonyl (C=O) groups excluding carboxylic acids is 2. The first-order chi connectivity index (χ1) is 8.25. The molecule has 3 heterocycles. The van der Waals surface area contributed by atoms with E-state index in [1.54, 1.807) is 29.2 Å². The Kier molecular flexibility index (Phi) is 2.54. The van der Waals surface area contributed by atoms with Gasteiger partial charge in [0, 0.05) is 24.1 Å². The van der Waals surface area contributed by atoms with Crippen molar-refractivity contribution in [1.82, 2.24) is 20.2 Å². The highest BCUT2D eigenvalue weighted by atomic mass is 32.2. The van der Waals surface area contributed by atoms with Gasteiger partial charge in [-0.15, -0.1) is 11.8 Å². The second-order valence-electron chi connectivity index (χ2n) is 4.17. The average Bonchev–Trinajstić information content (AvgIpc) is 2.96. The number of H-pyrrole nitrogens is 1. The predicted octanol–water partition coefficient (Wildman–Crippen LogP) is -0.648. The van der Waals surface area contributed by atoms with Crippen LogP contribution in [0.2, 0.25) is 0 Å². The van der Waals surface area contributed by atoms with Crippen LogP contribution in [0.15, 0.2) is 12.5 Å². The van der Waals surface area contributed by atoms with E-state index in [0.29, 0.717) is 18.1 Å².